The number of para-hydroxylation sites is 1. The monoisotopic (exact) mass is 269 g/mol. The molecule has 104 valence electrons. The zero-order valence-electron chi connectivity index (χ0n) is 11.9. The highest BCUT2D eigenvalue weighted by atomic mass is 16.5. The minimum absolute atomic E-state index is 0.477. The summed E-state index contributed by atoms with van der Waals surface area (Å²) in [7, 11) is 1.68. The Labute approximate surface area is 119 Å². The quantitative estimate of drug-likeness (QED) is 0.857. The second-order valence-corrected chi connectivity index (χ2v) is 5.36. The summed E-state index contributed by atoms with van der Waals surface area (Å²) in [5.41, 5.74) is 3.56. The first-order valence-corrected chi connectivity index (χ1v) is 6.96. The van der Waals surface area contributed by atoms with Crippen LogP contribution in [0.1, 0.15) is 16.8 Å². The van der Waals surface area contributed by atoms with Gasteiger partial charge in [0.15, 0.2) is 11.5 Å². The van der Waals surface area contributed by atoms with E-state index in [1.807, 2.05) is 18.3 Å². The topological polar surface area (TPSA) is 31.4 Å². The van der Waals surface area contributed by atoms with E-state index >= 15 is 0 Å². The number of pyridine rings is 1. The maximum Gasteiger partial charge on any atom is 0.164 e. The van der Waals surface area contributed by atoms with Crippen LogP contribution in [0.5, 0.6) is 11.5 Å². The Bertz CT molecular complexity index is 592. The molecule has 0 unspecified atom stereocenters. The second-order valence-electron chi connectivity index (χ2n) is 5.36. The third kappa shape index (κ3) is 2.62. The van der Waals surface area contributed by atoms with Gasteiger partial charge in [-0.05, 0) is 43.0 Å². The first kappa shape index (κ1) is 13.0. The lowest BCUT2D eigenvalue weighted by Gasteiger charge is -2.26. The molecular weight excluding hydrogens is 250 g/mol. The first-order chi connectivity index (χ1) is 9.76. The fourth-order valence-corrected chi connectivity index (χ4v) is 2.66. The number of nitrogens with zero attached hydrogens (tertiary/aromatic N) is 1. The molecule has 20 heavy (non-hydrogen) atoms. The zero-order chi connectivity index (χ0) is 13.9. The van der Waals surface area contributed by atoms with Gasteiger partial charge in [-0.2, -0.15) is 0 Å². The van der Waals surface area contributed by atoms with Crippen LogP contribution in [0, 0.1) is 12.8 Å². The van der Waals surface area contributed by atoms with E-state index in [-0.39, 0.29) is 0 Å². The fraction of sp³-hybridized carbons (Fsp3) is 0.353. The third-order valence-corrected chi connectivity index (χ3v) is 3.72. The van der Waals surface area contributed by atoms with Crippen molar-refractivity contribution >= 4 is 0 Å². The SMILES string of the molecule is COc1cccc2c1OC[C@H](Cc1ccc(C)cn1)C2. The van der Waals surface area contributed by atoms with E-state index in [1.54, 1.807) is 7.11 Å². The average Bonchev–Trinajstić information content (AvgIpc) is 2.49. The van der Waals surface area contributed by atoms with Gasteiger partial charge in [0.1, 0.15) is 0 Å². The number of ether oxygens (including phenoxy) is 2. The number of fused-ring (bicyclic) bond motifs is 1. The van der Waals surface area contributed by atoms with Crippen LogP contribution >= 0.6 is 0 Å². The number of aryl methyl sites for hydroxylation is 1. The molecule has 2 aromatic rings. The number of hydrogen-bond acceptors (Lipinski definition) is 3. The van der Waals surface area contributed by atoms with Crippen molar-refractivity contribution in [2.24, 2.45) is 5.92 Å². The summed E-state index contributed by atoms with van der Waals surface area (Å²) in [6.07, 6.45) is 3.90. The summed E-state index contributed by atoms with van der Waals surface area (Å²) >= 11 is 0. The molecule has 0 N–H and O–H groups in total. The minimum Gasteiger partial charge on any atom is -0.493 e. The summed E-state index contributed by atoms with van der Waals surface area (Å²) in [5.74, 6) is 2.21. The maximum atomic E-state index is 5.90. The van der Waals surface area contributed by atoms with Crippen molar-refractivity contribution in [2.45, 2.75) is 19.8 Å². The lowest BCUT2D eigenvalue weighted by atomic mass is 9.92. The molecule has 1 atom stereocenters. The van der Waals surface area contributed by atoms with E-state index in [0.29, 0.717) is 5.92 Å². The van der Waals surface area contributed by atoms with Gasteiger partial charge in [0.05, 0.1) is 13.7 Å². The van der Waals surface area contributed by atoms with Crippen molar-refractivity contribution in [1.82, 2.24) is 4.98 Å². The third-order valence-electron chi connectivity index (χ3n) is 3.72. The Kier molecular flexibility index (Phi) is 3.59. The van der Waals surface area contributed by atoms with Gasteiger partial charge in [0, 0.05) is 17.8 Å². The zero-order valence-corrected chi connectivity index (χ0v) is 11.9. The van der Waals surface area contributed by atoms with Crippen LogP contribution in [0.25, 0.3) is 0 Å². The first-order valence-electron chi connectivity index (χ1n) is 6.96. The van der Waals surface area contributed by atoms with Crippen LogP contribution in [0.15, 0.2) is 36.5 Å². The summed E-state index contributed by atoms with van der Waals surface area (Å²) in [6, 6.07) is 10.3. The predicted octanol–water partition coefficient (Wildman–Crippen LogP) is 3.19. The summed E-state index contributed by atoms with van der Waals surface area (Å²) in [6.45, 7) is 2.78. The molecular formula is C17H19NO2. The minimum atomic E-state index is 0.477. The fourth-order valence-electron chi connectivity index (χ4n) is 2.66. The molecule has 3 nitrogen and oxygen atoms in total. The molecule has 0 saturated carbocycles. The van der Waals surface area contributed by atoms with Gasteiger partial charge in [0.25, 0.3) is 0 Å². The molecule has 0 bridgehead atoms. The summed E-state index contributed by atoms with van der Waals surface area (Å²) in [4.78, 5) is 4.48. The van der Waals surface area contributed by atoms with Crippen LogP contribution in [0.4, 0.5) is 0 Å². The van der Waals surface area contributed by atoms with Gasteiger partial charge in [-0.25, -0.2) is 0 Å². The van der Waals surface area contributed by atoms with E-state index < -0.39 is 0 Å². The Morgan fingerprint density at radius 1 is 1.30 bits per heavy atom. The lowest BCUT2D eigenvalue weighted by Crippen LogP contribution is -2.23. The summed E-state index contributed by atoms with van der Waals surface area (Å²) in [5, 5.41) is 0. The van der Waals surface area contributed by atoms with Crippen LogP contribution < -0.4 is 9.47 Å². The molecule has 0 saturated heterocycles. The standard InChI is InChI=1S/C17H19NO2/c1-12-6-7-15(18-10-12)9-13-8-14-4-3-5-16(19-2)17(14)20-11-13/h3-7,10,13H,8-9,11H2,1-2H3/t13-/m0/s1. The van der Waals surface area contributed by atoms with Gasteiger partial charge in [-0.3, -0.25) is 4.98 Å². The number of benzene rings is 1. The second kappa shape index (κ2) is 5.53. The molecule has 0 radical (unpaired) electrons. The lowest BCUT2D eigenvalue weighted by molar-refractivity contribution is 0.210. The van der Waals surface area contributed by atoms with Crippen LogP contribution in [-0.2, 0) is 12.8 Å². The van der Waals surface area contributed by atoms with Crippen molar-refractivity contribution in [3.8, 4) is 11.5 Å². The molecule has 2 heterocycles. The molecule has 1 aromatic heterocycles. The molecule has 0 aliphatic carbocycles. The van der Waals surface area contributed by atoms with Gasteiger partial charge >= 0.3 is 0 Å². The molecule has 3 heteroatoms. The molecule has 0 fully saturated rings. The Hall–Kier alpha value is -2.03. The van der Waals surface area contributed by atoms with Gasteiger partial charge < -0.3 is 9.47 Å². The summed E-state index contributed by atoms with van der Waals surface area (Å²) < 4.78 is 11.2. The molecule has 3 rings (SSSR count). The van der Waals surface area contributed by atoms with Crippen molar-refractivity contribution in [3.05, 3.63) is 53.3 Å². The highest BCUT2D eigenvalue weighted by Gasteiger charge is 2.23. The molecule has 1 aliphatic rings. The van der Waals surface area contributed by atoms with Crippen molar-refractivity contribution in [3.63, 3.8) is 0 Å². The largest absolute Gasteiger partial charge is 0.493 e. The van der Waals surface area contributed by atoms with E-state index in [9.17, 15) is 0 Å². The molecule has 1 aliphatic heterocycles. The van der Waals surface area contributed by atoms with E-state index in [4.69, 9.17) is 9.47 Å². The van der Waals surface area contributed by atoms with Gasteiger partial charge in [-0.15, -0.1) is 0 Å². The van der Waals surface area contributed by atoms with E-state index in [1.165, 1.54) is 11.1 Å². The Morgan fingerprint density at radius 3 is 2.95 bits per heavy atom. The van der Waals surface area contributed by atoms with E-state index in [2.05, 4.69) is 30.1 Å². The van der Waals surface area contributed by atoms with Crippen LogP contribution in [-0.4, -0.2) is 18.7 Å². The number of aromatic nitrogens is 1. The molecule has 0 spiro atoms. The maximum absolute atomic E-state index is 5.90. The predicted molar refractivity (Wildman–Crippen MR) is 78.4 cm³/mol. The number of methoxy groups -OCH3 is 1. The molecule has 0 amide bonds. The van der Waals surface area contributed by atoms with Crippen LogP contribution in [0.3, 0.4) is 0 Å². The van der Waals surface area contributed by atoms with Gasteiger partial charge in [-0.1, -0.05) is 18.2 Å². The normalized spacial score (nSPS) is 17.2. The highest BCUT2D eigenvalue weighted by molar-refractivity contribution is 5.47. The number of rotatable bonds is 3. The van der Waals surface area contributed by atoms with Crippen molar-refractivity contribution in [1.29, 1.82) is 0 Å². The van der Waals surface area contributed by atoms with Crippen molar-refractivity contribution in [2.75, 3.05) is 13.7 Å². The Morgan fingerprint density at radius 2 is 2.20 bits per heavy atom. The average molecular weight is 269 g/mol. The van der Waals surface area contributed by atoms with Crippen LogP contribution in [0.2, 0.25) is 0 Å². The number of hydrogen-bond donors (Lipinski definition) is 0. The smallest absolute Gasteiger partial charge is 0.164 e. The van der Waals surface area contributed by atoms with Gasteiger partial charge in [0.2, 0.25) is 0 Å². The van der Waals surface area contributed by atoms with Crippen molar-refractivity contribution < 1.29 is 9.47 Å². The van der Waals surface area contributed by atoms with E-state index in [0.717, 1.165) is 36.6 Å². The Balaban J connectivity index is 1.74. The highest BCUT2D eigenvalue weighted by Crippen LogP contribution is 2.36. The molecule has 1 aromatic carbocycles.